The minimum Gasteiger partial charge on any atom is -0.493 e. The lowest BCUT2D eigenvalue weighted by molar-refractivity contribution is -0.235. The summed E-state index contributed by atoms with van der Waals surface area (Å²) in [5, 5.41) is 39.9. The molecule has 1 aromatic heterocycles. The second-order valence-corrected chi connectivity index (χ2v) is 8.30. The molecule has 1 saturated heterocycles. The van der Waals surface area contributed by atoms with Crippen LogP contribution in [0.25, 0.3) is 11.3 Å². The van der Waals surface area contributed by atoms with Crippen molar-refractivity contribution in [3.8, 4) is 22.8 Å². The number of carbonyl (C=O) groups excluding carboxylic acids is 1. The highest BCUT2D eigenvalue weighted by Gasteiger charge is 2.48. The zero-order valence-corrected chi connectivity index (χ0v) is 19.9. The predicted octanol–water partition coefficient (Wildman–Crippen LogP) is 0.854. The fourth-order valence-electron chi connectivity index (χ4n) is 4.21. The van der Waals surface area contributed by atoms with Gasteiger partial charge in [-0.3, -0.25) is 4.79 Å². The monoisotopic (exact) mass is 502 g/mol. The van der Waals surface area contributed by atoms with E-state index in [1.807, 2.05) is 0 Å². The Hall–Kier alpha value is -3.58. The Morgan fingerprint density at radius 2 is 1.89 bits per heavy atom. The summed E-state index contributed by atoms with van der Waals surface area (Å²) < 4.78 is 31.0. The molecule has 1 aliphatic heterocycles. The Morgan fingerprint density at radius 1 is 1.14 bits per heavy atom. The van der Waals surface area contributed by atoms with E-state index < -0.39 is 48.9 Å². The largest absolute Gasteiger partial charge is 0.493 e. The normalized spacial score (nSPS) is 23.8. The molecule has 0 saturated carbocycles. The van der Waals surface area contributed by atoms with Gasteiger partial charge in [-0.2, -0.15) is 0 Å². The van der Waals surface area contributed by atoms with Crippen LogP contribution >= 0.6 is 0 Å². The number of hydrogen-bond acceptors (Lipinski definition) is 9. The molecule has 0 radical (unpaired) electrons. The second kappa shape index (κ2) is 10.6. The number of ether oxygens (including phenoxy) is 3. The number of hydrogen-bond donors (Lipinski definition) is 3. The van der Waals surface area contributed by atoms with Gasteiger partial charge >= 0.3 is 0 Å². The van der Waals surface area contributed by atoms with Crippen molar-refractivity contribution < 1.29 is 38.7 Å². The predicted molar refractivity (Wildman–Crippen MR) is 124 cm³/mol. The number of carbonyl (C=O) groups is 1. The van der Waals surface area contributed by atoms with E-state index in [2.05, 4.69) is 10.3 Å². The topological polar surface area (TPSA) is 139 Å². The van der Waals surface area contributed by atoms with Gasteiger partial charge in [-0.1, -0.05) is 17.3 Å². The molecule has 3 aromatic rings. The average Bonchev–Trinajstić information content (AvgIpc) is 3.37. The molecule has 1 aliphatic rings. The van der Waals surface area contributed by atoms with Gasteiger partial charge in [0.15, 0.2) is 17.7 Å². The van der Waals surface area contributed by atoms with E-state index >= 15 is 0 Å². The number of rotatable bonds is 7. The van der Waals surface area contributed by atoms with Crippen molar-refractivity contribution in [2.75, 3.05) is 27.9 Å². The van der Waals surface area contributed by atoms with Crippen molar-refractivity contribution in [1.29, 1.82) is 0 Å². The minimum atomic E-state index is -1.46. The van der Waals surface area contributed by atoms with Gasteiger partial charge in [0.25, 0.3) is 5.91 Å². The highest BCUT2D eigenvalue weighted by Crippen LogP contribution is 2.33. The third-order valence-corrected chi connectivity index (χ3v) is 6.14. The zero-order chi connectivity index (χ0) is 26.0. The van der Waals surface area contributed by atoms with E-state index in [1.165, 1.54) is 62.5 Å². The van der Waals surface area contributed by atoms with Gasteiger partial charge in [0.2, 0.25) is 0 Å². The standard InChI is InChI=1S/C24H27FN4O7/c1-28(23(33)14-7-8-17(34-2)18(10-14)35-3)24-22(32)20(21(31)19(12-30)36-24)29-11-16(26-27-29)13-5-4-6-15(25)9-13/h4-11,19-22,24,30-32H,12H2,1-3H3. The molecule has 5 atom stereocenters. The van der Waals surface area contributed by atoms with Crippen LogP contribution in [0.15, 0.2) is 48.7 Å². The lowest BCUT2D eigenvalue weighted by Gasteiger charge is -2.45. The minimum absolute atomic E-state index is 0.239. The molecule has 0 spiro atoms. The first-order chi connectivity index (χ1) is 17.3. The summed E-state index contributed by atoms with van der Waals surface area (Å²) in [6.45, 7) is -0.579. The Labute approximate surface area is 206 Å². The number of nitrogens with zero attached hydrogens (tertiary/aromatic N) is 4. The molecule has 36 heavy (non-hydrogen) atoms. The number of methoxy groups -OCH3 is 2. The van der Waals surface area contributed by atoms with Crippen molar-refractivity contribution >= 4 is 5.91 Å². The van der Waals surface area contributed by atoms with Gasteiger partial charge in [-0.05, 0) is 30.3 Å². The maximum Gasteiger partial charge on any atom is 0.255 e. The van der Waals surface area contributed by atoms with Crippen LogP contribution in [-0.4, -0.2) is 93.5 Å². The Balaban J connectivity index is 1.63. The summed E-state index contributed by atoms with van der Waals surface area (Å²) in [4.78, 5) is 14.4. The average molecular weight is 502 g/mol. The molecule has 0 aliphatic carbocycles. The third kappa shape index (κ3) is 4.75. The molecule has 2 aromatic carbocycles. The number of aromatic nitrogens is 3. The van der Waals surface area contributed by atoms with E-state index in [1.54, 1.807) is 12.1 Å². The van der Waals surface area contributed by atoms with Crippen LogP contribution in [0.5, 0.6) is 11.5 Å². The maximum atomic E-state index is 13.6. The van der Waals surface area contributed by atoms with Crippen molar-refractivity contribution in [1.82, 2.24) is 19.9 Å². The van der Waals surface area contributed by atoms with Crippen LogP contribution in [0, 0.1) is 5.82 Å². The summed E-state index contributed by atoms with van der Waals surface area (Å²) in [5.74, 6) is -0.180. The summed E-state index contributed by atoms with van der Waals surface area (Å²) in [5.41, 5.74) is 1.00. The molecular formula is C24H27FN4O7. The maximum absolute atomic E-state index is 13.6. The molecule has 0 bridgehead atoms. The smallest absolute Gasteiger partial charge is 0.255 e. The SMILES string of the molecule is COc1ccc(C(=O)N(C)C2OC(CO)C(O)C(n3cc(-c4cccc(F)c4)nn3)C2O)cc1OC. The number of likely N-dealkylation sites (N-methyl/N-ethyl adjacent to an activating group) is 1. The molecule has 11 nitrogen and oxygen atoms in total. The first-order valence-electron chi connectivity index (χ1n) is 11.1. The van der Waals surface area contributed by atoms with Crippen molar-refractivity contribution in [2.24, 2.45) is 0 Å². The lowest BCUT2D eigenvalue weighted by Crippen LogP contribution is -2.61. The summed E-state index contributed by atoms with van der Waals surface area (Å²) in [6.07, 6.45) is -3.78. The van der Waals surface area contributed by atoms with Gasteiger partial charge in [-0.25, -0.2) is 9.07 Å². The van der Waals surface area contributed by atoms with Gasteiger partial charge in [-0.15, -0.1) is 5.10 Å². The number of aliphatic hydroxyl groups excluding tert-OH is 3. The molecule has 12 heteroatoms. The van der Waals surface area contributed by atoms with Crippen LogP contribution < -0.4 is 9.47 Å². The molecular weight excluding hydrogens is 475 g/mol. The van der Waals surface area contributed by atoms with Crippen LogP contribution in [0.1, 0.15) is 16.4 Å². The molecule has 1 amide bonds. The summed E-state index contributed by atoms with van der Waals surface area (Å²) in [7, 11) is 4.34. The number of halogens is 1. The molecule has 192 valence electrons. The zero-order valence-electron chi connectivity index (χ0n) is 19.9. The van der Waals surface area contributed by atoms with E-state index in [-0.39, 0.29) is 5.56 Å². The molecule has 5 unspecified atom stereocenters. The van der Waals surface area contributed by atoms with Crippen LogP contribution in [0.2, 0.25) is 0 Å². The van der Waals surface area contributed by atoms with Gasteiger partial charge in [0, 0.05) is 18.2 Å². The first-order valence-corrected chi connectivity index (χ1v) is 11.1. The Kier molecular flexibility index (Phi) is 7.50. The van der Waals surface area contributed by atoms with Crippen LogP contribution in [-0.2, 0) is 4.74 Å². The molecule has 2 heterocycles. The Bertz CT molecular complexity index is 1220. The number of amides is 1. The van der Waals surface area contributed by atoms with E-state index in [4.69, 9.17) is 14.2 Å². The number of aliphatic hydroxyl groups is 3. The fraction of sp³-hybridized carbons (Fsp3) is 0.375. The summed E-state index contributed by atoms with van der Waals surface area (Å²) in [6, 6.07) is 9.21. The Morgan fingerprint density at radius 3 is 2.56 bits per heavy atom. The highest BCUT2D eigenvalue weighted by atomic mass is 19.1. The lowest BCUT2D eigenvalue weighted by atomic mass is 9.94. The van der Waals surface area contributed by atoms with Crippen molar-refractivity contribution in [2.45, 2.75) is 30.6 Å². The van der Waals surface area contributed by atoms with E-state index in [0.29, 0.717) is 22.8 Å². The van der Waals surface area contributed by atoms with E-state index in [9.17, 15) is 24.5 Å². The van der Waals surface area contributed by atoms with E-state index in [0.717, 1.165) is 4.90 Å². The summed E-state index contributed by atoms with van der Waals surface area (Å²) >= 11 is 0. The van der Waals surface area contributed by atoms with Crippen LogP contribution in [0.3, 0.4) is 0 Å². The van der Waals surface area contributed by atoms with Crippen molar-refractivity contribution in [3.63, 3.8) is 0 Å². The van der Waals surface area contributed by atoms with Crippen LogP contribution in [0.4, 0.5) is 4.39 Å². The molecule has 4 rings (SSSR count). The first kappa shape index (κ1) is 25.5. The third-order valence-electron chi connectivity index (χ3n) is 6.14. The number of benzene rings is 2. The van der Waals surface area contributed by atoms with Crippen molar-refractivity contribution in [3.05, 3.63) is 60.0 Å². The highest BCUT2D eigenvalue weighted by molar-refractivity contribution is 5.95. The fourth-order valence-corrected chi connectivity index (χ4v) is 4.21. The molecule has 3 N–H and O–H groups in total. The molecule has 1 fully saturated rings. The van der Waals surface area contributed by atoms with Gasteiger partial charge < -0.3 is 34.4 Å². The quantitative estimate of drug-likeness (QED) is 0.429. The van der Waals surface area contributed by atoms with Gasteiger partial charge in [0.05, 0.1) is 27.0 Å². The second-order valence-electron chi connectivity index (χ2n) is 8.30. The van der Waals surface area contributed by atoms with Gasteiger partial charge in [0.1, 0.15) is 35.9 Å².